The predicted molar refractivity (Wildman–Crippen MR) is 83.8 cm³/mol. The predicted octanol–water partition coefficient (Wildman–Crippen LogP) is 2.26. The van der Waals surface area contributed by atoms with E-state index in [2.05, 4.69) is 5.10 Å². The van der Waals surface area contributed by atoms with Gasteiger partial charge in [0.2, 0.25) is 0 Å². The van der Waals surface area contributed by atoms with Crippen LogP contribution in [-0.2, 0) is 11.3 Å². The highest BCUT2D eigenvalue weighted by Crippen LogP contribution is 2.36. The van der Waals surface area contributed by atoms with Crippen LogP contribution >= 0.6 is 11.3 Å². The Hall–Kier alpha value is -1.66. The summed E-state index contributed by atoms with van der Waals surface area (Å²) in [6.45, 7) is 2.20. The van der Waals surface area contributed by atoms with E-state index in [1.54, 1.807) is 17.5 Å². The molecule has 22 heavy (non-hydrogen) atoms. The van der Waals surface area contributed by atoms with Crippen molar-refractivity contribution >= 4 is 17.2 Å². The van der Waals surface area contributed by atoms with Gasteiger partial charge >= 0.3 is 0 Å². The summed E-state index contributed by atoms with van der Waals surface area (Å²) in [4.78, 5) is 14.7. The second-order valence-corrected chi connectivity index (χ2v) is 6.76. The number of ether oxygens (including phenoxy) is 1. The van der Waals surface area contributed by atoms with Gasteiger partial charge in [0.25, 0.3) is 5.91 Å². The molecule has 5 nitrogen and oxygen atoms in total. The summed E-state index contributed by atoms with van der Waals surface area (Å²) < 4.78 is 8.00. The Morgan fingerprint density at radius 1 is 1.45 bits per heavy atom. The fourth-order valence-electron chi connectivity index (χ4n) is 3.71. The molecule has 116 valence electrons. The standard InChI is InChI=1S/C16H19N3O2S/c20-16(13-4-9-22-11-13)19-7-8-21-15-12(2-3-14(15)19)10-18-6-1-5-17-18/h1,4-6,9,11-12,14-15H,2-3,7-8,10H2. The summed E-state index contributed by atoms with van der Waals surface area (Å²) in [7, 11) is 0. The Labute approximate surface area is 133 Å². The smallest absolute Gasteiger partial charge is 0.255 e. The molecule has 1 aliphatic carbocycles. The highest BCUT2D eigenvalue weighted by molar-refractivity contribution is 7.08. The van der Waals surface area contributed by atoms with E-state index in [0.29, 0.717) is 19.1 Å². The summed E-state index contributed by atoms with van der Waals surface area (Å²) in [6, 6.07) is 4.07. The van der Waals surface area contributed by atoms with E-state index in [9.17, 15) is 4.79 Å². The van der Waals surface area contributed by atoms with Crippen LogP contribution in [0.3, 0.4) is 0 Å². The zero-order chi connectivity index (χ0) is 14.9. The molecule has 1 aliphatic heterocycles. The molecule has 3 unspecified atom stereocenters. The second kappa shape index (κ2) is 5.85. The summed E-state index contributed by atoms with van der Waals surface area (Å²) in [6.07, 6.45) is 6.04. The molecule has 4 rings (SSSR count). The number of nitrogens with zero attached hydrogens (tertiary/aromatic N) is 3. The number of hydrogen-bond acceptors (Lipinski definition) is 4. The van der Waals surface area contributed by atoms with Gasteiger partial charge in [0.15, 0.2) is 0 Å². The van der Waals surface area contributed by atoms with Gasteiger partial charge in [-0.3, -0.25) is 9.48 Å². The van der Waals surface area contributed by atoms with Gasteiger partial charge in [-0.25, -0.2) is 0 Å². The van der Waals surface area contributed by atoms with Crippen LogP contribution in [0, 0.1) is 5.92 Å². The third-order valence-electron chi connectivity index (χ3n) is 4.73. The Morgan fingerprint density at radius 3 is 3.18 bits per heavy atom. The molecule has 0 N–H and O–H groups in total. The number of amides is 1. The maximum atomic E-state index is 12.7. The number of rotatable bonds is 3. The van der Waals surface area contributed by atoms with E-state index in [1.807, 2.05) is 38.7 Å². The van der Waals surface area contributed by atoms with Crippen LogP contribution in [0.1, 0.15) is 23.2 Å². The number of carbonyl (C=O) groups is 1. The minimum atomic E-state index is 0.139. The number of hydrogen-bond donors (Lipinski definition) is 0. The first-order valence-electron chi connectivity index (χ1n) is 7.75. The molecule has 2 aromatic heterocycles. The fourth-order valence-corrected chi connectivity index (χ4v) is 4.34. The van der Waals surface area contributed by atoms with Crippen molar-refractivity contribution in [2.24, 2.45) is 5.92 Å². The largest absolute Gasteiger partial charge is 0.374 e. The lowest BCUT2D eigenvalue weighted by atomic mass is 10.0. The second-order valence-electron chi connectivity index (χ2n) is 5.98. The number of aromatic nitrogens is 2. The molecule has 0 aromatic carbocycles. The van der Waals surface area contributed by atoms with Crippen LogP contribution in [0.15, 0.2) is 35.3 Å². The molecular weight excluding hydrogens is 298 g/mol. The molecule has 3 heterocycles. The quantitative estimate of drug-likeness (QED) is 0.872. The Balaban J connectivity index is 1.50. The van der Waals surface area contributed by atoms with Crippen molar-refractivity contribution in [1.82, 2.24) is 14.7 Å². The van der Waals surface area contributed by atoms with Gasteiger partial charge in [-0.1, -0.05) is 0 Å². The highest BCUT2D eigenvalue weighted by atomic mass is 32.1. The number of thiophene rings is 1. The van der Waals surface area contributed by atoms with Crippen molar-refractivity contribution in [2.45, 2.75) is 31.5 Å². The highest BCUT2D eigenvalue weighted by Gasteiger charge is 2.44. The van der Waals surface area contributed by atoms with Crippen molar-refractivity contribution in [3.8, 4) is 0 Å². The maximum Gasteiger partial charge on any atom is 0.255 e. The van der Waals surface area contributed by atoms with E-state index in [1.165, 1.54) is 0 Å². The summed E-state index contributed by atoms with van der Waals surface area (Å²) >= 11 is 1.57. The average molecular weight is 317 g/mol. The van der Waals surface area contributed by atoms with E-state index < -0.39 is 0 Å². The number of fused-ring (bicyclic) bond motifs is 1. The number of morpholine rings is 1. The van der Waals surface area contributed by atoms with Crippen LogP contribution in [0.4, 0.5) is 0 Å². The van der Waals surface area contributed by atoms with Crippen LogP contribution in [0.5, 0.6) is 0 Å². The molecule has 1 amide bonds. The van der Waals surface area contributed by atoms with E-state index in [-0.39, 0.29) is 18.1 Å². The lowest BCUT2D eigenvalue weighted by molar-refractivity contribution is -0.0649. The van der Waals surface area contributed by atoms with Crippen molar-refractivity contribution in [1.29, 1.82) is 0 Å². The Kier molecular flexibility index (Phi) is 3.72. The van der Waals surface area contributed by atoms with Gasteiger partial charge in [0, 0.05) is 36.8 Å². The molecule has 3 atom stereocenters. The minimum Gasteiger partial charge on any atom is -0.374 e. The van der Waals surface area contributed by atoms with Crippen molar-refractivity contribution < 1.29 is 9.53 Å². The summed E-state index contributed by atoms with van der Waals surface area (Å²) in [5, 5.41) is 8.19. The summed E-state index contributed by atoms with van der Waals surface area (Å²) in [5.74, 6) is 0.585. The van der Waals surface area contributed by atoms with Crippen molar-refractivity contribution in [2.75, 3.05) is 13.2 Å². The van der Waals surface area contributed by atoms with Gasteiger partial charge in [-0.15, -0.1) is 0 Å². The molecule has 2 fully saturated rings. The van der Waals surface area contributed by atoms with E-state index in [4.69, 9.17) is 4.74 Å². The van der Waals surface area contributed by atoms with E-state index >= 15 is 0 Å². The molecule has 0 bridgehead atoms. The molecule has 6 heteroatoms. The molecular formula is C16H19N3O2S. The van der Waals surface area contributed by atoms with Gasteiger partial charge in [-0.2, -0.15) is 16.4 Å². The third kappa shape index (κ3) is 2.46. The number of carbonyl (C=O) groups excluding carboxylic acids is 1. The first-order chi connectivity index (χ1) is 10.8. The third-order valence-corrected chi connectivity index (χ3v) is 5.41. The maximum absolute atomic E-state index is 12.7. The Bertz CT molecular complexity index is 626. The van der Waals surface area contributed by atoms with Gasteiger partial charge in [-0.05, 0) is 30.4 Å². The van der Waals surface area contributed by atoms with Crippen LogP contribution in [0.2, 0.25) is 0 Å². The summed E-state index contributed by atoms with van der Waals surface area (Å²) in [5.41, 5.74) is 0.807. The van der Waals surface area contributed by atoms with Crippen molar-refractivity contribution in [3.63, 3.8) is 0 Å². The van der Waals surface area contributed by atoms with Crippen molar-refractivity contribution in [3.05, 3.63) is 40.8 Å². The lowest BCUT2D eigenvalue weighted by Gasteiger charge is -2.39. The molecule has 2 aliphatic rings. The molecule has 0 spiro atoms. The SMILES string of the molecule is O=C(c1ccsc1)N1CCOC2C(Cn3cccn3)CCC21. The normalized spacial score (nSPS) is 27.8. The topological polar surface area (TPSA) is 47.4 Å². The molecule has 1 saturated heterocycles. The fraction of sp³-hybridized carbons (Fsp3) is 0.500. The molecule has 2 aromatic rings. The zero-order valence-corrected chi connectivity index (χ0v) is 13.1. The zero-order valence-electron chi connectivity index (χ0n) is 12.3. The minimum absolute atomic E-state index is 0.139. The lowest BCUT2D eigenvalue weighted by Crippen LogP contribution is -2.53. The molecule has 0 radical (unpaired) electrons. The van der Waals surface area contributed by atoms with Crippen LogP contribution in [0.25, 0.3) is 0 Å². The van der Waals surface area contributed by atoms with Gasteiger partial charge in [0.1, 0.15) is 0 Å². The van der Waals surface area contributed by atoms with Crippen LogP contribution in [-0.4, -0.2) is 45.9 Å². The monoisotopic (exact) mass is 317 g/mol. The first kappa shape index (κ1) is 14.0. The molecule has 1 saturated carbocycles. The first-order valence-corrected chi connectivity index (χ1v) is 8.69. The Morgan fingerprint density at radius 2 is 2.41 bits per heavy atom. The van der Waals surface area contributed by atoms with Crippen LogP contribution < -0.4 is 0 Å². The van der Waals surface area contributed by atoms with Gasteiger partial charge in [0.05, 0.1) is 24.3 Å². The average Bonchev–Trinajstić information content (AvgIpc) is 3.29. The van der Waals surface area contributed by atoms with E-state index in [0.717, 1.165) is 24.9 Å². The van der Waals surface area contributed by atoms with Gasteiger partial charge < -0.3 is 9.64 Å².